The number of hydrogen-bond acceptors (Lipinski definition) is 4. The van der Waals surface area contributed by atoms with E-state index in [-0.39, 0.29) is 6.79 Å². The molecule has 7 heteroatoms. The van der Waals surface area contributed by atoms with Crippen molar-refractivity contribution in [2.45, 2.75) is 5.92 Å². The number of carbonyl (C=O) groups is 1. The summed E-state index contributed by atoms with van der Waals surface area (Å²) in [6, 6.07) is 5.08. The van der Waals surface area contributed by atoms with Crippen molar-refractivity contribution in [2.75, 3.05) is 19.9 Å². The number of hydrogen-bond donors (Lipinski definition) is 2. The molecule has 108 valence electrons. The molecule has 0 aromatic heterocycles. The molecule has 2 N–H and O–H groups in total. The van der Waals surface area contributed by atoms with Gasteiger partial charge in [-0.25, -0.2) is 8.78 Å². The van der Waals surface area contributed by atoms with Crippen LogP contribution in [0.1, 0.15) is 5.56 Å². The second-order valence-electron chi connectivity index (χ2n) is 4.18. The molecular formula is C13H13F2NO4. The Kier molecular flexibility index (Phi) is 4.19. The van der Waals surface area contributed by atoms with Crippen LogP contribution in [-0.2, 0) is 4.79 Å². The van der Waals surface area contributed by atoms with Gasteiger partial charge in [-0.3, -0.25) is 4.79 Å². The molecule has 1 heterocycles. The van der Waals surface area contributed by atoms with E-state index in [1.807, 2.05) is 5.32 Å². The minimum atomic E-state index is -3.32. The SMILES string of the molecule is O=C(/C=C/c1ccc2c(c1)OCO2)NCC(F)(F)CO. The van der Waals surface area contributed by atoms with Gasteiger partial charge in [0, 0.05) is 6.08 Å². The summed E-state index contributed by atoms with van der Waals surface area (Å²) in [4.78, 5) is 11.3. The summed E-state index contributed by atoms with van der Waals surface area (Å²) in [6.07, 6.45) is 2.60. The number of benzene rings is 1. The Hall–Kier alpha value is -2.15. The van der Waals surface area contributed by atoms with Crippen molar-refractivity contribution in [1.82, 2.24) is 5.32 Å². The van der Waals surface area contributed by atoms with Gasteiger partial charge in [0.1, 0.15) is 6.61 Å². The van der Waals surface area contributed by atoms with Gasteiger partial charge in [0.2, 0.25) is 12.7 Å². The number of carbonyl (C=O) groups excluding carboxylic acids is 1. The Morgan fingerprint density at radius 1 is 1.40 bits per heavy atom. The predicted molar refractivity (Wildman–Crippen MR) is 66.6 cm³/mol. The molecule has 1 amide bonds. The third kappa shape index (κ3) is 3.67. The molecule has 0 unspecified atom stereocenters. The van der Waals surface area contributed by atoms with E-state index in [0.717, 1.165) is 6.08 Å². The first-order valence-corrected chi connectivity index (χ1v) is 5.84. The van der Waals surface area contributed by atoms with Crippen LogP contribution in [0.25, 0.3) is 6.08 Å². The van der Waals surface area contributed by atoms with Gasteiger partial charge in [-0.05, 0) is 23.8 Å². The van der Waals surface area contributed by atoms with Crippen LogP contribution in [-0.4, -0.2) is 36.9 Å². The zero-order chi connectivity index (χ0) is 14.6. The van der Waals surface area contributed by atoms with Crippen molar-refractivity contribution in [3.8, 4) is 11.5 Å². The first kappa shape index (κ1) is 14.3. The smallest absolute Gasteiger partial charge is 0.287 e. The first-order valence-electron chi connectivity index (χ1n) is 5.84. The molecule has 0 saturated heterocycles. The van der Waals surface area contributed by atoms with Gasteiger partial charge < -0.3 is 19.9 Å². The molecule has 1 aliphatic heterocycles. The molecule has 1 aromatic carbocycles. The van der Waals surface area contributed by atoms with E-state index in [4.69, 9.17) is 14.6 Å². The zero-order valence-corrected chi connectivity index (χ0v) is 10.4. The molecule has 20 heavy (non-hydrogen) atoms. The first-order chi connectivity index (χ1) is 9.50. The average Bonchev–Trinajstić information content (AvgIpc) is 2.90. The van der Waals surface area contributed by atoms with Crippen LogP contribution >= 0.6 is 0 Å². The van der Waals surface area contributed by atoms with E-state index in [1.165, 1.54) is 6.08 Å². The molecule has 1 aromatic rings. The van der Waals surface area contributed by atoms with Gasteiger partial charge in [-0.15, -0.1) is 0 Å². The number of aliphatic hydroxyl groups is 1. The summed E-state index contributed by atoms with van der Waals surface area (Å²) in [5, 5.41) is 10.4. The van der Waals surface area contributed by atoms with E-state index in [0.29, 0.717) is 17.1 Å². The fraction of sp³-hybridized carbons (Fsp3) is 0.308. The number of halogens is 2. The normalized spacial score (nSPS) is 13.8. The van der Waals surface area contributed by atoms with Crippen LogP contribution in [0.4, 0.5) is 8.78 Å². The lowest BCUT2D eigenvalue weighted by Gasteiger charge is -2.12. The highest BCUT2D eigenvalue weighted by molar-refractivity contribution is 5.91. The van der Waals surface area contributed by atoms with Gasteiger partial charge in [0.25, 0.3) is 5.92 Å². The van der Waals surface area contributed by atoms with Crippen LogP contribution in [0.3, 0.4) is 0 Å². The second kappa shape index (κ2) is 5.87. The molecule has 0 bridgehead atoms. The number of nitrogens with one attached hydrogen (secondary N) is 1. The molecule has 0 spiro atoms. The number of amides is 1. The van der Waals surface area contributed by atoms with E-state index in [1.54, 1.807) is 18.2 Å². The van der Waals surface area contributed by atoms with Crippen molar-refractivity contribution in [3.05, 3.63) is 29.8 Å². The van der Waals surface area contributed by atoms with Crippen molar-refractivity contribution in [2.24, 2.45) is 0 Å². The number of aliphatic hydroxyl groups excluding tert-OH is 1. The van der Waals surface area contributed by atoms with E-state index in [9.17, 15) is 13.6 Å². The Bertz CT molecular complexity index is 531. The zero-order valence-electron chi connectivity index (χ0n) is 10.4. The lowest BCUT2D eigenvalue weighted by molar-refractivity contribution is -0.119. The lowest BCUT2D eigenvalue weighted by atomic mass is 10.2. The van der Waals surface area contributed by atoms with Crippen molar-refractivity contribution >= 4 is 12.0 Å². The number of fused-ring (bicyclic) bond motifs is 1. The molecule has 0 radical (unpaired) electrons. The maximum Gasteiger partial charge on any atom is 0.287 e. The number of rotatable bonds is 5. The van der Waals surface area contributed by atoms with Gasteiger partial charge in [-0.1, -0.05) is 6.07 Å². The molecule has 2 rings (SSSR count). The fourth-order valence-electron chi connectivity index (χ4n) is 1.52. The largest absolute Gasteiger partial charge is 0.454 e. The summed E-state index contributed by atoms with van der Waals surface area (Å²) in [7, 11) is 0. The molecule has 0 atom stereocenters. The summed E-state index contributed by atoms with van der Waals surface area (Å²) in [5.74, 6) is -2.80. The van der Waals surface area contributed by atoms with Gasteiger partial charge >= 0.3 is 0 Å². The Morgan fingerprint density at radius 2 is 2.15 bits per heavy atom. The molecule has 0 saturated carbocycles. The topological polar surface area (TPSA) is 67.8 Å². The second-order valence-corrected chi connectivity index (χ2v) is 4.18. The standard InChI is InChI=1S/C13H13F2NO4/c14-13(15,7-17)6-16-12(18)4-2-9-1-3-10-11(5-9)20-8-19-10/h1-5,17H,6-8H2,(H,16,18)/b4-2+. The monoisotopic (exact) mass is 285 g/mol. The lowest BCUT2D eigenvalue weighted by Crippen LogP contribution is -2.38. The predicted octanol–water partition coefficient (Wildman–Crippen LogP) is 1.17. The van der Waals surface area contributed by atoms with Crippen LogP contribution in [0.5, 0.6) is 11.5 Å². The summed E-state index contributed by atoms with van der Waals surface area (Å²) in [6.45, 7) is -2.06. The third-order valence-corrected chi connectivity index (χ3v) is 2.58. The Morgan fingerprint density at radius 3 is 2.90 bits per heavy atom. The van der Waals surface area contributed by atoms with Crippen LogP contribution in [0.15, 0.2) is 24.3 Å². The fourth-order valence-corrected chi connectivity index (χ4v) is 1.52. The van der Waals surface area contributed by atoms with Crippen molar-refractivity contribution < 1.29 is 28.2 Å². The molecular weight excluding hydrogens is 272 g/mol. The van der Waals surface area contributed by atoms with E-state index >= 15 is 0 Å². The van der Waals surface area contributed by atoms with Crippen LogP contribution in [0, 0.1) is 0 Å². The number of ether oxygens (including phenoxy) is 2. The summed E-state index contributed by atoms with van der Waals surface area (Å²) >= 11 is 0. The summed E-state index contributed by atoms with van der Waals surface area (Å²) in [5.41, 5.74) is 0.679. The van der Waals surface area contributed by atoms with Gasteiger partial charge in [0.05, 0.1) is 6.54 Å². The molecule has 1 aliphatic rings. The van der Waals surface area contributed by atoms with Crippen molar-refractivity contribution in [1.29, 1.82) is 0 Å². The maximum atomic E-state index is 12.7. The highest BCUT2D eigenvalue weighted by atomic mass is 19.3. The minimum absolute atomic E-state index is 0.152. The van der Waals surface area contributed by atoms with Gasteiger partial charge in [0.15, 0.2) is 11.5 Å². The van der Waals surface area contributed by atoms with Gasteiger partial charge in [-0.2, -0.15) is 0 Å². The molecule has 5 nitrogen and oxygen atoms in total. The molecule has 0 aliphatic carbocycles. The highest BCUT2D eigenvalue weighted by Crippen LogP contribution is 2.32. The molecule has 0 fully saturated rings. The van der Waals surface area contributed by atoms with Crippen molar-refractivity contribution in [3.63, 3.8) is 0 Å². The minimum Gasteiger partial charge on any atom is -0.454 e. The third-order valence-electron chi connectivity index (χ3n) is 2.58. The summed E-state index contributed by atoms with van der Waals surface area (Å²) < 4.78 is 35.7. The highest BCUT2D eigenvalue weighted by Gasteiger charge is 2.27. The Labute approximate surface area is 113 Å². The Balaban J connectivity index is 1.91. The van der Waals surface area contributed by atoms with Crippen LogP contribution < -0.4 is 14.8 Å². The average molecular weight is 285 g/mol. The maximum absolute atomic E-state index is 12.7. The van der Waals surface area contributed by atoms with E-state index < -0.39 is 25.0 Å². The quantitative estimate of drug-likeness (QED) is 0.797. The van der Waals surface area contributed by atoms with E-state index in [2.05, 4.69) is 0 Å². The van der Waals surface area contributed by atoms with Crippen LogP contribution in [0.2, 0.25) is 0 Å². The number of alkyl halides is 2.